The SMILES string of the molecule is C[C@H]1CC2(CCN(c3ccc(C(=O)N4CCC5(CC4)CC(N4CCN(c6cccc(N7CCC(=O)NC7=O)c6)CC4)C5)cc3)CC2)CN1c1ccc(C#N)c(Cl)c1. The molecule has 298 valence electrons. The van der Waals surface area contributed by atoms with E-state index in [4.69, 9.17) is 11.6 Å². The summed E-state index contributed by atoms with van der Waals surface area (Å²) in [6, 6.07) is 25.1. The first-order chi connectivity index (χ1) is 27.6. The number of halogens is 1. The number of benzene rings is 3. The van der Waals surface area contributed by atoms with Crippen LogP contribution < -0.4 is 24.9 Å². The highest BCUT2D eigenvalue weighted by Gasteiger charge is 2.49. The number of nitriles is 1. The molecule has 6 aliphatic rings. The standard InChI is InChI=1S/C45H53ClN8O3/c1-32-27-45(31-54(32)38-10-7-34(30-47)40(46)26-38)14-17-49(18-15-45)35-8-5-33(6-9-35)42(56)52-19-12-44(13-20-52)28-39(29-44)51-23-21-50(22-24-51)36-3-2-4-37(25-36)53-16-11-41(55)48-43(53)57/h2-10,25-26,32,39H,11-24,27-29,31H2,1H3,(H,48,55,57)/t32-/m0/s1. The van der Waals surface area contributed by atoms with Gasteiger partial charge < -0.3 is 19.6 Å². The minimum Gasteiger partial charge on any atom is -0.371 e. The molecule has 2 spiro atoms. The van der Waals surface area contributed by atoms with Crippen LogP contribution in [0.15, 0.2) is 66.7 Å². The Bertz CT molecular complexity index is 2050. The molecular weight excluding hydrogens is 736 g/mol. The van der Waals surface area contributed by atoms with E-state index in [-0.39, 0.29) is 23.3 Å². The topological polar surface area (TPSA) is 106 Å². The Balaban J connectivity index is 0.716. The number of rotatable bonds is 6. The van der Waals surface area contributed by atoms with E-state index in [1.165, 1.54) is 18.5 Å². The van der Waals surface area contributed by atoms with Gasteiger partial charge in [0.05, 0.1) is 10.6 Å². The third kappa shape index (κ3) is 7.43. The number of carbonyl (C=O) groups excluding carboxylic acids is 3. The Kier molecular flexibility index (Phi) is 10.1. The number of hydrogen-bond donors (Lipinski definition) is 1. The van der Waals surface area contributed by atoms with E-state index in [1.54, 1.807) is 4.90 Å². The summed E-state index contributed by atoms with van der Waals surface area (Å²) in [6.45, 7) is 11.3. The van der Waals surface area contributed by atoms with Gasteiger partial charge in [0.2, 0.25) is 5.91 Å². The number of nitrogens with one attached hydrogen (secondary N) is 1. The largest absolute Gasteiger partial charge is 0.371 e. The van der Waals surface area contributed by atoms with Crippen molar-refractivity contribution in [1.29, 1.82) is 5.26 Å². The smallest absolute Gasteiger partial charge is 0.328 e. The number of likely N-dealkylation sites (tertiary alicyclic amines) is 1. The second-order valence-corrected chi connectivity index (χ2v) is 18.1. The Morgan fingerprint density at radius 1 is 0.754 bits per heavy atom. The van der Waals surface area contributed by atoms with Crippen LogP contribution in [0, 0.1) is 22.2 Å². The van der Waals surface area contributed by atoms with E-state index < -0.39 is 0 Å². The molecule has 1 saturated carbocycles. The molecule has 12 heteroatoms. The van der Waals surface area contributed by atoms with Crippen LogP contribution in [0.3, 0.4) is 0 Å². The van der Waals surface area contributed by atoms with Gasteiger partial charge in [0.25, 0.3) is 5.91 Å². The zero-order valence-corrected chi connectivity index (χ0v) is 33.7. The van der Waals surface area contributed by atoms with Gasteiger partial charge in [-0.1, -0.05) is 17.7 Å². The van der Waals surface area contributed by atoms with Gasteiger partial charge in [-0.3, -0.25) is 24.7 Å². The van der Waals surface area contributed by atoms with Crippen molar-refractivity contribution in [2.24, 2.45) is 10.8 Å². The normalized spacial score (nSPS) is 23.8. The van der Waals surface area contributed by atoms with Gasteiger partial charge in [-0.25, -0.2) is 4.79 Å². The maximum Gasteiger partial charge on any atom is 0.328 e. The second-order valence-electron chi connectivity index (χ2n) is 17.6. The first-order valence-electron chi connectivity index (χ1n) is 20.9. The van der Waals surface area contributed by atoms with Crippen molar-refractivity contribution in [3.8, 4) is 6.07 Å². The van der Waals surface area contributed by atoms with E-state index in [9.17, 15) is 19.6 Å². The van der Waals surface area contributed by atoms with Crippen LogP contribution in [0.2, 0.25) is 5.02 Å². The fourth-order valence-corrected chi connectivity index (χ4v) is 11.1. The summed E-state index contributed by atoms with van der Waals surface area (Å²) >= 11 is 6.39. The minimum absolute atomic E-state index is 0.155. The molecule has 4 amide bonds. The molecule has 1 atom stereocenters. The lowest BCUT2D eigenvalue weighted by Crippen LogP contribution is -2.59. The molecule has 5 saturated heterocycles. The summed E-state index contributed by atoms with van der Waals surface area (Å²) in [7, 11) is 0. The molecule has 9 rings (SSSR count). The highest BCUT2D eigenvalue weighted by molar-refractivity contribution is 6.32. The molecule has 5 aliphatic heterocycles. The highest BCUT2D eigenvalue weighted by atomic mass is 35.5. The molecule has 3 aromatic carbocycles. The molecule has 3 aromatic rings. The summed E-state index contributed by atoms with van der Waals surface area (Å²) in [5, 5.41) is 12.2. The van der Waals surface area contributed by atoms with Crippen LogP contribution in [0.1, 0.15) is 74.2 Å². The lowest BCUT2D eigenvalue weighted by Gasteiger charge is -2.56. The fraction of sp³-hybridized carbons (Fsp3) is 0.511. The molecule has 5 heterocycles. The molecule has 6 fully saturated rings. The number of amides is 4. The van der Waals surface area contributed by atoms with Gasteiger partial charge >= 0.3 is 6.03 Å². The lowest BCUT2D eigenvalue weighted by molar-refractivity contribution is -0.120. The second kappa shape index (κ2) is 15.2. The average molecular weight is 789 g/mol. The van der Waals surface area contributed by atoms with Crippen LogP contribution in [0.4, 0.5) is 27.5 Å². The van der Waals surface area contributed by atoms with Crippen molar-refractivity contribution in [2.45, 2.75) is 70.4 Å². The molecule has 1 aliphatic carbocycles. The monoisotopic (exact) mass is 788 g/mol. The van der Waals surface area contributed by atoms with Crippen LogP contribution in [-0.4, -0.2) is 105 Å². The number of carbonyl (C=O) groups is 3. The van der Waals surface area contributed by atoms with Gasteiger partial charge in [0, 0.05) is 112 Å². The summed E-state index contributed by atoms with van der Waals surface area (Å²) in [5.74, 6) is -0.0618. The maximum absolute atomic E-state index is 13.6. The van der Waals surface area contributed by atoms with Crippen molar-refractivity contribution in [1.82, 2.24) is 15.1 Å². The van der Waals surface area contributed by atoms with E-state index in [0.717, 1.165) is 114 Å². The molecule has 0 unspecified atom stereocenters. The lowest BCUT2D eigenvalue weighted by atomic mass is 9.60. The fourth-order valence-electron chi connectivity index (χ4n) is 10.8. The number of piperidine rings is 2. The Labute approximate surface area is 341 Å². The van der Waals surface area contributed by atoms with Crippen molar-refractivity contribution in [2.75, 3.05) is 85.0 Å². The highest BCUT2D eigenvalue weighted by Crippen LogP contribution is 2.51. The molecule has 57 heavy (non-hydrogen) atoms. The van der Waals surface area contributed by atoms with Gasteiger partial charge in [-0.05, 0) is 123 Å². The van der Waals surface area contributed by atoms with Crippen LogP contribution in [0.25, 0.3) is 0 Å². The number of urea groups is 1. The predicted octanol–water partition coefficient (Wildman–Crippen LogP) is 6.75. The maximum atomic E-state index is 13.6. The van der Waals surface area contributed by atoms with E-state index in [2.05, 4.69) is 67.1 Å². The van der Waals surface area contributed by atoms with Crippen LogP contribution in [0.5, 0.6) is 0 Å². The van der Waals surface area contributed by atoms with Crippen LogP contribution >= 0.6 is 11.6 Å². The first-order valence-corrected chi connectivity index (χ1v) is 21.3. The average Bonchev–Trinajstić information content (AvgIpc) is 3.54. The number of piperazine rings is 1. The van der Waals surface area contributed by atoms with Crippen LogP contribution in [-0.2, 0) is 4.79 Å². The molecule has 1 N–H and O–H groups in total. The first kappa shape index (κ1) is 37.8. The predicted molar refractivity (Wildman–Crippen MR) is 224 cm³/mol. The van der Waals surface area contributed by atoms with E-state index in [1.807, 2.05) is 42.5 Å². The Morgan fingerprint density at radius 2 is 1.42 bits per heavy atom. The molecule has 0 bridgehead atoms. The van der Waals surface area contributed by atoms with E-state index in [0.29, 0.717) is 41.1 Å². The summed E-state index contributed by atoms with van der Waals surface area (Å²) in [5.41, 5.74) is 6.19. The van der Waals surface area contributed by atoms with Crippen molar-refractivity contribution >= 4 is 52.2 Å². The summed E-state index contributed by atoms with van der Waals surface area (Å²) in [6.07, 6.45) is 8.35. The zero-order valence-electron chi connectivity index (χ0n) is 33.0. The number of hydrogen-bond acceptors (Lipinski definition) is 8. The van der Waals surface area contributed by atoms with Crippen molar-refractivity contribution in [3.05, 3.63) is 82.9 Å². The van der Waals surface area contributed by atoms with Gasteiger partial charge in [-0.2, -0.15) is 5.26 Å². The zero-order chi connectivity index (χ0) is 39.3. The molecule has 0 radical (unpaired) electrons. The van der Waals surface area contributed by atoms with Crippen molar-refractivity contribution in [3.63, 3.8) is 0 Å². The van der Waals surface area contributed by atoms with Gasteiger partial charge in [0.15, 0.2) is 0 Å². The number of imide groups is 1. The molecule has 0 aromatic heterocycles. The Morgan fingerprint density at radius 3 is 2.11 bits per heavy atom. The van der Waals surface area contributed by atoms with Gasteiger partial charge in [-0.15, -0.1) is 0 Å². The molecular formula is C45H53ClN8O3. The number of nitrogens with zero attached hydrogens (tertiary/aromatic N) is 7. The van der Waals surface area contributed by atoms with Gasteiger partial charge in [0.1, 0.15) is 6.07 Å². The third-order valence-corrected chi connectivity index (χ3v) is 14.6. The minimum atomic E-state index is -0.347. The van der Waals surface area contributed by atoms with Crippen molar-refractivity contribution < 1.29 is 14.4 Å². The third-order valence-electron chi connectivity index (χ3n) is 14.3. The quantitative estimate of drug-likeness (QED) is 0.293. The number of anilines is 4. The summed E-state index contributed by atoms with van der Waals surface area (Å²) in [4.78, 5) is 51.4. The Hall–Kier alpha value is -4.79. The summed E-state index contributed by atoms with van der Waals surface area (Å²) < 4.78 is 0. The van der Waals surface area contributed by atoms with E-state index >= 15 is 0 Å². The molecule has 11 nitrogen and oxygen atoms in total.